The molecule has 6 nitrogen and oxygen atoms in total. The normalized spacial score (nSPS) is 12.2. The smallest absolute Gasteiger partial charge is 0.416 e. The van der Waals surface area contributed by atoms with E-state index in [1.54, 1.807) is 18.2 Å². The molecule has 0 fully saturated rings. The molecule has 0 atom stereocenters. The molecule has 0 amide bonds. The Morgan fingerprint density at radius 1 is 0.909 bits per heavy atom. The summed E-state index contributed by atoms with van der Waals surface area (Å²) in [4.78, 5) is 0. The van der Waals surface area contributed by atoms with Crippen LogP contribution in [0.15, 0.2) is 64.8 Å². The summed E-state index contributed by atoms with van der Waals surface area (Å²) in [6.07, 6.45) is -4.57. The van der Waals surface area contributed by atoms with Gasteiger partial charge in [-0.3, -0.25) is 4.57 Å². The molecular formula is C24H20F3N3O3. The Labute approximate surface area is 186 Å². The first-order valence-electron chi connectivity index (χ1n) is 9.97. The molecule has 33 heavy (non-hydrogen) atoms. The monoisotopic (exact) mass is 455 g/mol. The number of aromatic hydroxyl groups is 2. The second-order valence-electron chi connectivity index (χ2n) is 7.73. The molecule has 4 rings (SSSR count). The van der Waals surface area contributed by atoms with Crippen LogP contribution < -0.4 is 0 Å². The fraction of sp³-hybridized carbons (Fsp3) is 0.167. The van der Waals surface area contributed by atoms with Crippen molar-refractivity contribution >= 4 is 22.3 Å². The predicted molar refractivity (Wildman–Crippen MR) is 118 cm³/mol. The second kappa shape index (κ2) is 8.25. The Hall–Kier alpha value is -3.85. The summed E-state index contributed by atoms with van der Waals surface area (Å²) >= 11 is 0. The quantitative estimate of drug-likeness (QED) is 0.303. The molecule has 170 valence electrons. The summed E-state index contributed by atoms with van der Waals surface area (Å²) in [5.41, 5.74) is 1.68. The van der Waals surface area contributed by atoms with Crippen LogP contribution in [-0.4, -0.2) is 19.9 Å². The van der Waals surface area contributed by atoms with Crippen molar-refractivity contribution < 1.29 is 28.5 Å². The number of nitrogens with zero attached hydrogens (tertiary/aromatic N) is 3. The van der Waals surface area contributed by atoms with Gasteiger partial charge in [0.1, 0.15) is 11.4 Å². The van der Waals surface area contributed by atoms with Crippen LogP contribution in [0.2, 0.25) is 0 Å². The molecular weight excluding hydrogens is 435 g/mol. The van der Waals surface area contributed by atoms with Gasteiger partial charge in [-0.1, -0.05) is 18.2 Å². The van der Waals surface area contributed by atoms with E-state index >= 15 is 0 Å². The van der Waals surface area contributed by atoms with Crippen LogP contribution in [0.4, 0.5) is 24.5 Å². The molecule has 0 spiro atoms. The van der Waals surface area contributed by atoms with E-state index in [-0.39, 0.29) is 33.6 Å². The zero-order chi connectivity index (χ0) is 23.9. The minimum Gasteiger partial charge on any atom is -0.505 e. The number of aromatic nitrogens is 1. The Balaban J connectivity index is 1.97. The van der Waals surface area contributed by atoms with Crippen molar-refractivity contribution in [1.29, 1.82) is 0 Å². The maximum atomic E-state index is 13.4. The minimum atomic E-state index is -4.57. The molecule has 4 aromatic rings. The third-order valence-electron chi connectivity index (χ3n) is 5.24. The summed E-state index contributed by atoms with van der Waals surface area (Å²) in [5, 5.41) is 38.8. The molecule has 0 saturated carbocycles. The van der Waals surface area contributed by atoms with Crippen LogP contribution in [0, 0.1) is 13.8 Å². The number of hydrogen-bond donors (Lipinski definition) is 3. The summed E-state index contributed by atoms with van der Waals surface area (Å²) in [5.74, 6) is -0.670. The molecule has 0 unspecified atom stereocenters. The molecule has 0 aliphatic heterocycles. The van der Waals surface area contributed by atoms with Crippen molar-refractivity contribution in [2.75, 3.05) is 0 Å². The summed E-state index contributed by atoms with van der Waals surface area (Å²) < 4.78 is 41.5. The number of rotatable bonds is 4. The highest BCUT2D eigenvalue weighted by Crippen LogP contribution is 2.44. The van der Waals surface area contributed by atoms with Crippen molar-refractivity contribution in [2.45, 2.75) is 26.6 Å². The third kappa shape index (κ3) is 4.14. The SMILES string of the molecule is Cc1cc(C)cc(-n2c(O)c(N=Nc3cccc(CO)c3O)c3ccc(C(F)(F)F)cc32)c1. The van der Waals surface area contributed by atoms with Crippen molar-refractivity contribution in [1.82, 2.24) is 4.57 Å². The fourth-order valence-electron chi connectivity index (χ4n) is 3.76. The lowest BCUT2D eigenvalue weighted by Gasteiger charge is -2.11. The number of phenols is 1. The number of hydrogen-bond acceptors (Lipinski definition) is 5. The minimum absolute atomic E-state index is 0.0418. The van der Waals surface area contributed by atoms with Crippen molar-refractivity contribution in [2.24, 2.45) is 10.2 Å². The van der Waals surface area contributed by atoms with Crippen LogP contribution >= 0.6 is 0 Å². The Bertz CT molecular complexity index is 1370. The van der Waals surface area contributed by atoms with Gasteiger partial charge in [-0.25, -0.2) is 0 Å². The highest BCUT2D eigenvalue weighted by atomic mass is 19.4. The first-order valence-corrected chi connectivity index (χ1v) is 9.97. The van der Waals surface area contributed by atoms with Crippen molar-refractivity contribution in [3.8, 4) is 17.3 Å². The largest absolute Gasteiger partial charge is 0.505 e. The van der Waals surface area contributed by atoms with E-state index in [9.17, 15) is 28.5 Å². The van der Waals surface area contributed by atoms with Crippen molar-refractivity contribution in [3.63, 3.8) is 0 Å². The molecule has 1 aromatic heterocycles. The molecule has 1 heterocycles. The van der Waals surface area contributed by atoms with Gasteiger partial charge in [-0.2, -0.15) is 13.2 Å². The lowest BCUT2D eigenvalue weighted by molar-refractivity contribution is -0.137. The van der Waals surface area contributed by atoms with Crippen molar-refractivity contribution in [3.05, 3.63) is 76.9 Å². The molecule has 0 radical (unpaired) electrons. The molecule has 9 heteroatoms. The van der Waals surface area contributed by atoms with Gasteiger partial charge >= 0.3 is 6.18 Å². The van der Waals surface area contributed by atoms with Gasteiger partial charge < -0.3 is 15.3 Å². The van der Waals surface area contributed by atoms with Crippen LogP contribution in [-0.2, 0) is 12.8 Å². The van der Waals surface area contributed by atoms with E-state index in [0.717, 1.165) is 23.3 Å². The summed E-state index contributed by atoms with van der Waals surface area (Å²) in [7, 11) is 0. The number of benzene rings is 3. The van der Waals surface area contributed by atoms with Gasteiger partial charge in [0.15, 0.2) is 5.69 Å². The number of aliphatic hydroxyl groups excluding tert-OH is 1. The van der Waals surface area contributed by atoms with Gasteiger partial charge in [0.25, 0.3) is 0 Å². The zero-order valence-electron chi connectivity index (χ0n) is 17.7. The topological polar surface area (TPSA) is 90.3 Å². The Morgan fingerprint density at radius 3 is 2.24 bits per heavy atom. The highest BCUT2D eigenvalue weighted by Gasteiger charge is 2.32. The third-order valence-corrected chi connectivity index (χ3v) is 5.24. The molecule has 3 N–H and O–H groups in total. The van der Waals surface area contributed by atoms with Gasteiger partial charge in [0, 0.05) is 16.6 Å². The molecule has 0 aliphatic carbocycles. The Kier molecular flexibility index (Phi) is 5.59. The number of halogens is 3. The number of alkyl halides is 3. The number of aryl methyl sites for hydroxylation is 2. The van der Waals surface area contributed by atoms with E-state index in [2.05, 4.69) is 10.2 Å². The average Bonchev–Trinajstić information content (AvgIpc) is 3.02. The van der Waals surface area contributed by atoms with Gasteiger partial charge in [0.2, 0.25) is 5.88 Å². The lowest BCUT2D eigenvalue weighted by atomic mass is 10.1. The maximum absolute atomic E-state index is 13.4. The van der Waals surface area contributed by atoms with Gasteiger partial charge in [-0.05, 0) is 61.4 Å². The number of aliphatic hydroxyl groups is 1. The number of para-hydroxylation sites is 1. The standard InChI is InChI=1S/C24H20F3N3O3/c1-13-8-14(2)10-17(9-13)30-20-11-16(24(25,26)27)6-7-18(20)21(23(30)33)29-28-19-5-3-4-15(12-31)22(19)32/h3-11,31-33H,12H2,1-2H3. The summed E-state index contributed by atoms with van der Waals surface area (Å²) in [6, 6.07) is 13.0. The number of fused-ring (bicyclic) bond motifs is 1. The van der Waals surface area contributed by atoms with E-state index < -0.39 is 24.2 Å². The average molecular weight is 455 g/mol. The van der Waals surface area contributed by atoms with E-state index in [1.165, 1.54) is 22.8 Å². The molecule has 0 saturated heterocycles. The second-order valence-corrected chi connectivity index (χ2v) is 7.73. The predicted octanol–water partition coefficient (Wildman–Crippen LogP) is 6.59. The first-order chi connectivity index (χ1) is 15.6. The van der Waals surface area contributed by atoms with Gasteiger partial charge in [0.05, 0.1) is 17.7 Å². The molecule has 3 aromatic carbocycles. The highest BCUT2D eigenvalue weighted by molar-refractivity contribution is 5.97. The van der Waals surface area contributed by atoms with Crippen LogP contribution in [0.3, 0.4) is 0 Å². The summed E-state index contributed by atoms with van der Waals surface area (Å²) in [6.45, 7) is 3.28. The van der Waals surface area contributed by atoms with Crippen LogP contribution in [0.25, 0.3) is 16.6 Å². The van der Waals surface area contributed by atoms with Crippen LogP contribution in [0.5, 0.6) is 11.6 Å². The van der Waals surface area contributed by atoms with Crippen LogP contribution in [0.1, 0.15) is 22.3 Å². The van der Waals surface area contributed by atoms with E-state index in [1.807, 2.05) is 19.9 Å². The number of azo groups is 1. The van der Waals surface area contributed by atoms with E-state index in [0.29, 0.717) is 5.69 Å². The molecule has 0 aliphatic rings. The Morgan fingerprint density at radius 2 is 1.61 bits per heavy atom. The molecule has 0 bridgehead atoms. The van der Waals surface area contributed by atoms with E-state index in [4.69, 9.17) is 0 Å². The zero-order valence-corrected chi connectivity index (χ0v) is 17.7. The van der Waals surface area contributed by atoms with Gasteiger partial charge in [-0.15, -0.1) is 10.2 Å². The lowest BCUT2D eigenvalue weighted by Crippen LogP contribution is -2.05. The fourth-order valence-corrected chi connectivity index (χ4v) is 3.76. The first kappa shape index (κ1) is 22.3. The maximum Gasteiger partial charge on any atom is 0.416 e.